The molecular weight excluding hydrogens is 286 g/mol. The molecule has 4 aromatic rings. The van der Waals surface area contributed by atoms with E-state index in [0.717, 1.165) is 33.7 Å². The molecule has 23 heavy (non-hydrogen) atoms. The molecule has 0 aliphatic heterocycles. The number of hydrogen-bond donors (Lipinski definition) is 0. The fraction of sp³-hybridized carbons (Fsp3) is 0.0526. The van der Waals surface area contributed by atoms with E-state index in [1.54, 1.807) is 7.11 Å². The Labute approximate surface area is 134 Å². The molecule has 2 heterocycles. The molecule has 4 rings (SSSR count). The summed E-state index contributed by atoms with van der Waals surface area (Å²) in [5, 5.41) is 0. The lowest BCUT2D eigenvalue weighted by molar-refractivity contribution is 0.415. The molecule has 4 heteroatoms. The van der Waals surface area contributed by atoms with E-state index in [4.69, 9.17) is 4.74 Å². The number of rotatable bonds is 3. The Hall–Kier alpha value is -3.14. The van der Waals surface area contributed by atoms with Crippen LogP contribution in [0.3, 0.4) is 0 Å². The summed E-state index contributed by atoms with van der Waals surface area (Å²) >= 11 is 0. The molecule has 0 saturated heterocycles. The summed E-state index contributed by atoms with van der Waals surface area (Å²) in [4.78, 5) is 9.10. The average Bonchev–Trinajstić information content (AvgIpc) is 3.06. The molecule has 4 nitrogen and oxygen atoms in total. The molecule has 0 atom stereocenters. The Bertz CT molecular complexity index is 943. The molecule has 0 aliphatic rings. The van der Waals surface area contributed by atoms with Crippen LogP contribution in [0.15, 0.2) is 73.2 Å². The van der Waals surface area contributed by atoms with Gasteiger partial charge in [-0.15, -0.1) is 0 Å². The van der Waals surface area contributed by atoms with E-state index in [1.807, 2.05) is 71.7 Å². The number of methoxy groups -OCH3 is 1. The van der Waals surface area contributed by atoms with Crippen molar-refractivity contribution in [3.63, 3.8) is 0 Å². The number of nitrogens with zero attached hydrogens (tertiary/aromatic N) is 3. The third kappa shape index (κ3) is 2.44. The zero-order valence-electron chi connectivity index (χ0n) is 12.7. The first-order chi connectivity index (χ1) is 11.3. The van der Waals surface area contributed by atoms with Gasteiger partial charge in [0.15, 0.2) is 5.65 Å². The zero-order chi connectivity index (χ0) is 15.6. The van der Waals surface area contributed by atoms with Gasteiger partial charge in [-0.25, -0.2) is 9.97 Å². The van der Waals surface area contributed by atoms with Crippen molar-refractivity contribution in [1.82, 2.24) is 14.5 Å². The lowest BCUT2D eigenvalue weighted by Gasteiger charge is -2.05. The molecular formula is C19H15N3O. The molecule has 112 valence electrons. The molecule has 0 aliphatic carbocycles. The standard InChI is InChI=1S/C19H15N3O/c1-23-17-9-7-14(8-10-17)15-11-18-19(20-12-15)22(13-21-18)16-5-3-2-4-6-16/h2-13H,1H3. The Morgan fingerprint density at radius 1 is 0.870 bits per heavy atom. The smallest absolute Gasteiger partial charge is 0.164 e. The van der Waals surface area contributed by atoms with Crippen molar-refractivity contribution < 1.29 is 4.74 Å². The average molecular weight is 301 g/mol. The number of para-hydroxylation sites is 1. The molecule has 0 fully saturated rings. The highest BCUT2D eigenvalue weighted by Crippen LogP contribution is 2.25. The van der Waals surface area contributed by atoms with Crippen LogP contribution in [-0.4, -0.2) is 21.6 Å². The van der Waals surface area contributed by atoms with Crippen LogP contribution in [0.1, 0.15) is 0 Å². The molecule has 0 spiro atoms. The van der Waals surface area contributed by atoms with Gasteiger partial charge in [-0.1, -0.05) is 30.3 Å². The molecule has 0 N–H and O–H groups in total. The van der Waals surface area contributed by atoms with Crippen molar-refractivity contribution in [1.29, 1.82) is 0 Å². The van der Waals surface area contributed by atoms with Gasteiger partial charge in [-0.05, 0) is 35.9 Å². The van der Waals surface area contributed by atoms with Crippen LogP contribution in [0.25, 0.3) is 28.0 Å². The summed E-state index contributed by atoms with van der Waals surface area (Å²) in [7, 11) is 1.67. The van der Waals surface area contributed by atoms with Crippen LogP contribution in [0.5, 0.6) is 5.75 Å². The fourth-order valence-electron chi connectivity index (χ4n) is 2.62. The van der Waals surface area contributed by atoms with Crippen LogP contribution in [0, 0.1) is 0 Å². The van der Waals surface area contributed by atoms with Crippen LogP contribution in [-0.2, 0) is 0 Å². The molecule has 2 aromatic heterocycles. The maximum atomic E-state index is 5.20. The first-order valence-corrected chi connectivity index (χ1v) is 7.38. The summed E-state index contributed by atoms with van der Waals surface area (Å²) in [5.41, 5.74) is 4.92. The van der Waals surface area contributed by atoms with Gasteiger partial charge >= 0.3 is 0 Å². The van der Waals surface area contributed by atoms with Crippen LogP contribution in [0.4, 0.5) is 0 Å². The van der Waals surface area contributed by atoms with Crippen LogP contribution in [0.2, 0.25) is 0 Å². The van der Waals surface area contributed by atoms with Crippen molar-refractivity contribution in [3.8, 4) is 22.6 Å². The van der Waals surface area contributed by atoms with E-state index in [1.165, 1.54) is 0 Å². The quantitative estimate of drug-likeness (QED) is 0.572. The SMILES string of the molecule is COc1ccc(-c2cnc3c(c2)ncn3-c2ccccc2)cc1. The van der Waals surface area contributed by atoms with E-state index in [9.17, 15) is 0 Å². The van der Waals surface area contributed by atoms with Crippen LogP contribution < -0.4 is 4.74 Å². The number of pyridine rings is 1. The number of ether oxygens (including phenoxy) is 1. The van der Waals surface area contributed by atoms with E-state index in [-0.39, 0.29) is 0 Å². The molecule has 0 saturated carbocycles. The summed E-state index contributed by atoms with van der Waals surface area (Å²) in [6, 6.07) is 20.1. The monoisotopic (exact) mass is 301 g/mol. The molecule has 2 aromatic carbocycles. The van der Waals surface area contributed by atoms with Gasteiger partial charge < -0.3 is 4.74 Å². The summed E-state index contributed by atoms with van der Waals surface area (Å²) in [6.07, 6.45) is 3.69. The van der Waals surface area contributed by atoms with Crippen LogP contribution >= 0.6 is 0 Å². The second kappa shape index (κ2) is 5.57. The highest BCUT2D eigenvalue weighted by Gasteiger charge is 2.08. The van der Waals surface area contributed by atoms with E-state index < -0.39 is 0 Å². The lowest BCUT2D eigenvalue weighted by atomic mass is 10.1. The number of aromatic nitrogens is 3. The van der Waals surface area contributed by atoms with Crippen molar-refractivity contribution in [2.45, 2.75) is 0 Å². The second-order valence-corrected chi connectivity index (χ2v) is 5.25. The Kier molecular flexibility index (Phi) is 3.27. The van der Waals surface area contributed by atoms with Gasteiger partial charge in [0.25, 0.3) is 0 Å². The number of hydrogen-bond acceptors (Lipinski definition) is 3. The zero-order valence-corrected chi connectivity index (χ0v) is 12.7. The van der Waals surface area contributed by atoms with Gasteiger partial charge in [0.2, 0.25) is 0 Å². The molecule has 0 bridgehead atoms. The molecule has 0 unspecified atom stereocenters. The minimum atomic E-state index is 0.844. The summed E-state index contributed by atoms with van der Waals surface area (Å²) in [6.45, 7) is 0. The highest BCUT2D eigenvalue weighted by atomic mass is 16.5. The first-order valence-electron chi connectivity index (χ1n) is 7.38. The maximum Gasteiger partial charge on any atom is 0.164 e. The second-order valence-electron chi connectivity index (χ2n) is 5.25. The lowest BCUT2D eigenvalue weighted by Crippen LogP contribution is -1.93. The van der Waals surface area contributed by atoms with Gasteiger partial charge in [0.05, 0.1) is 7.11 Å². The Balaban J connectivity index is 1.77. The minimum Gasteiger partial charge on any atom is -0.497 e. The van der Waals surface area contributed by atoms with E-state index >= 15 is 0 Å². The summed E-state index contributed by atoms with van der Waals surface area (Å²) in [5.74, 6) is 0.844. The third-order valence-electron chi connectivity index (χ3n) is 3.85. The Morgan fingerprint density at radius 2 is 1.65 bits per heavy atom. The van der Waals surface area contributed by atoms with E-state index in [2.05, 4.69) is 16.0 Å². The number of fused-ring (bicyclic) bond motifs is 1. The van der Waals surface area contributed by atoms with Crippen molar-refractivity contribution in [3.05, 3.63) is 73.2 Å². The van der Waals surface area contributed by atoms with E-state index in [0.29, 0.717) is 0 Å². The van der Waals surface area contributed by atoms with Gasteiger partial charge in [0.1, 0.15) is 17.6 Å². The number of imidazole rings is 1. The van der Waals surface area contributed by atoms with Crippen molar-refractivity contribution in [2.24, 2.45) is 0 Å². The molecule has 0 amide bonds. The van der Waals surface area contributed by atoms with Crippen molar-refractivity contribution >= 4 is 11.2 Å². The van der Waals surface area contributed by atoms with Crippen molar-refractivity contribution in [2.75, 3.05) is 7.11 Å². The van der Waals surface area contributed by atoms with Gasteiger partial charge in [0, 0.05) is 17.4 Å². The largest absolute Gasteiger partial charge is 0.497 e. The Morgan fingerprint density at radius 3 is 2.39 bits per heavy atom. The number of benzene rings is 2. The fourth-order valence-corrected chi connectivity index (χ4v) is 2.62. The predicted molar refractivity (Wildman–Crippen MR) is 90.9 cm³/mol. The molecule has 0 radical (unpaired) electrons. The topological polar surface area (TPSA) is 39.9 Å². The van der Waals surface area contributed by atoms with Gasteiger partial charge in [-0.2, -0.15) is 0 Å². The first kappa shape index (κ1) is 13.5. The van der Waals surface area contributed by atoms with Gasteiger partial charge in [-0.3, -0.25) is 4.57 Å². The predicted octanol–water partition coefficient (Wildman–Crippen LogP) is 4.10. The minimum absolute atomic E-state index is 0.844. The maximum absolute atomic E-state index is 5.20. The highest BCUT2D eigenvalue weighted by molar-refractivity contribution is 5.79. The normalized spacial score (nSPS) is 10.8. The third-order valence-corrected chi connectivity index (χ3v) is 3.85. The summed E-state index contributed by atoms with van der Waals surface area (Å²) < 4.78 is 7.19.